The van der Waals surface area contributed by atoms with Gasteiger partial charge in [-0.3, -0.25) is 4.79 Å². The molecule has 0 spiro atoms. The molecule has 0 amide bonds. The molecule has 1 saturated carbocycles. The van der Waals surface area contributed by atoms with Crippen molar-refractivity contribution in [3.05, 3.63) is 34.3 Å². The van der Waals surface area contributed by atoms with Crippen LogP contribution in [0.5, 0.6) is 0 Å². The van der Waals surface area contributed by atoms with Gasteiger partial charge >= 0.3 is 0 Å². The molecular weight excluding hydrogens is 222 g/mol. The van der Waals surface area contributed by atoms with Crippen molar-refractivity contribution in [3.63, 3.8) is 0 Å². The van der Waals surface area contributed by atoms with E-state index < -0.39 is 0 Å². The van der Waals surface area contributed by atoms with Crippen LogP contribution in [0.3, 0.4) is 0 Å². The zero-order valence-corrected chi connectivity index (χ0v) is 9.76. The standard InChI is InChI=1S/C13H14ClNO/c14-9-2-5-11-8(7-9)1-6-12(13(11)16)15-10-3-4-10/h2,5,7,10,12,15H,1,3-4,6H2. The fourth-order valence-corrected chi connectivity index (χ4v) is 2.52. The molecule has 1 N–H and O–H groups in total. The quantitative estimate of drug-likeness (QED) is 0.854. The predicted octanol–water partition coefficient (Wildman–Crippen LogP) is 2.59. The van der Waals surface area contributed by atoms with Crippen LogP contribution in [0.2, 0.25) is 5.02 Å². The second kappa shape index (κ2) is 3.86. The van der Waals surface area contributed by atoms with Gasteiger partial charge in [0.25, 0.3) is 0 Å². The topological polar surface area (TPSA) is 29.1 Å². The van der Waals surface area contributed by atoms with Gasteiger partial charge in [-0.25, -0.2) is 0 Å². The summed E-state index contributed by atoms with van der Waals surface area (Å²) in [7, 11) is 0. The molecule has 2 nitrogen and oxygen atoms in total. The molecule has 1 aromatic carbocycles. The van der Waals surface area contributed by atoms with E-state index in [1.807, 2.05) is 12.1 Å². The minimum absolute atomic E-state index is 0.0289. The number of nitrogens with one attached hydrogen (secondary N) is 1. The summed E-state index contributed by atoms with van der Waals surface area (Å²) in [5.74, 6) is 0.241. The van der Waals surface area contributed by atoms with Crippen molar-refractivity contribution < 1.29 is 4.79 Å². The molecule has 1 unspecified atom stereocenters. The average molecular weight is 236 g/mol. The average Bonchev–Trinajstić information content (AvgIpc) is 3.06. The number of ketones is 1. The van der Waals surface area contributed by atoms with Crippen LogP contribution >= 0.6 is 11.6 Å². The normalized spacial score (nSPS) is 24.3. The zero-order chi connectivity index (χ0) is 11.1. The van der Waals surface area contributed by atoms with Gasteiger partial charge in [-0.05, 0) is 49.4 Å². The maximum absolute atomic E-state index is 12.2. The first-order valence-electron chi connectivity index (χ1n) is 5.83. The highest BCUT2D eigenvalue weighted by Crippen LogP contribution is 2.27. The molecule has 0 saturated heterocycles. The summed E-state index contributed by atoms with van der Waals surface area (Å²) in [6, 6.07) is 6.20. The van der Waals surface area contributed by atoms with E-state index in [0.29, 0.717) is 6.04 Å². The summed E-state index contributed by atoms with van der Waals surface area (Å²) in [5.41, 5.74) is 1.96. The van der Waals surface area contributed by atoms with Crippen LogP contribution in [0.1, 0.15) is 35.2 Å². The Morgan fingerprint density at radius 1 is 1.25 bits per heavy atom. The molecule has 84 valence electrons. The summed E-state index contributed by atoms with van der Waals surface area (Å²) in [6.07, 6.45) is 4.29. The van der Waals surface area contributed by atoms with E-state index in [4.69, 9.17) is 11.6 Å². The van der Waals surface area contributed by atoms with Crippen molar-refractivity contribution in [1.82, 2.24) is 5.32 Å². The number of halogens is 1. The highest BCUT2D eigenvalue weighted by atomic mass is 35.5. The molecule has 16 heavy (non-hydrogen) atoms. The van der Waals surface area contributed by atoms with E-state index >= 15 is 0 Å². The number of hydrogen-bond donors (Lipinski definition) is 1. The Labute approximate surface area is 100.0 Å². The summed E-state index contributed by atoms with van der Waals surface area (Å²) < 4.78 is 0. The SMILES string of the molecule is O=C1c2ccc(Cl)cc2CCC1NC1CC1. The Hall–Kier alpha value is -0.860. The van der Waals surface area contributed by atoms with Crippen LogP contribution in [0.4, 0.5) is 0 Å². The van der Waals surface area contributed by atoms with Gasteiger partial charge in [-0.2, -0.15) is 0 Å². The highest BCUT2D eigenvalue weighted by Gasteiger charge is 2.32. The minimum Gasteiger partial charge on any atom is -0.304 e. The molecule has 1 fully saturated rings. The van der Waals surface area contributed by atoms with Gasteiger partial charge < -0.3 is 5.32 Å². The fraction of sp³-hybridized carbons (Fsp3) is 0.462. The largest absolute Gasteiger partial charge is 0.304 e. The van der Waals surface area contributed by atoms with E-state index in [0.717, 1.165) is 29.0 Å². The molecule has 0 bridgehead atoms. The predicted molar refractivity (Wildman–Crippen MR) is 64.0 cm³/mol. The van der Waals surface area contributed by atoms with Crippen LogP contribution in [-0.2, 0) is 6.42 Å². The monoisotopic (exact) mass is 235 g/mol. The Bertz CT molecular complexity index is 440. The van der Waals surface area contributed by atoms with Crippen LogP contribution in [0, 0.1) is 0 Å². The van der Waals surface area contributed by atoms with Crippen molar-refractivity contribution in [1.29, 1.82) is 0 Å². The lowest BCUT2D eigenvalue weighted by atomic mass is 9.87. The number of carbonyl (C=O) groups excluding carboxylic acids is 1. The lowest BCUT2D eigenvalue weighted by molar-refractivity contribution is 0.0927. The van der Waals surface area contributed by atoms with Gasteiger partial charge in [0.1, 0.15) is 0 Å². The zero-order valence-electron chi connectivity index (χ0n) is 9.00. The van der Waals surface area contributed by atoms with Crippen LogP contribution in [0.15, 0.2) is 18.2 Å². The van der Waals surface area contributed by atoms with Crippen LogP contribution in [0.25, 0.3) is 0 Å². The van der Waals surface area contributed by atoms with E-state index in [2.05, 4.69) is 5.32 Å². The van der Waals surface area contributed by atoms with E-state index in [-0.39, 0.29) is 11.8 Å². The second-order valence-corrected chi connectivity index (χ2v) is 5.13. The molecule has 2 aliphatic carbocycles. The van der Waals surface area contributed by atoms with Crippen molar-refractivity contribution in [2.24, 2.45) is 0 Å². The smallest absolute Gasteiger partial charge is 0.180 e. The first-order chi connectivity index (χ1) is 7.74. The van der Waals surface area contributed by atoms with E-state index in [1.165, 1.54) is 12.8 Å². The number of hydrogen-bond acceptors (Lipinski definition) is 2. The molecule has 0 heterocycles. The van der Waals surface area contributed by atoms with E-state index in [1.54, 1.807) is 6.07 Å². The molecule has 2 aliphatic rings. The van der Waals surface area contributed by atoms with Crippen LogP contribution < -0.4 is 5.32 Å². The summed E-state index contributed by atoms with van der Waals surface area (Å²) in [6.45, 7) is 0. The summed E-state index contributed by atoms with van der Waals surface area (Å²) >= 11 is 5.93. The maximum atomic E-state index is 12.2. The molecule has 3 rings (SSSR count). The van der Waals surface area contributed by atoms with Crippen molar-refractivity contribution >= 4 is 17.4 Å². The third-order valence-electron chi connectivity index (χ3n) is 3.37. The van der Waals surface area contributed by atoms with Gasteiger partial charge in [0, 0.05) is 16.6 Å². The van der Waals surface area contributed by atoms with Gasteiger partial charge in [0.05, 0.1) is 6.04 Å². The van der Waals surface area contributed by atoms with Gasteiger partial charge in [0.15, 0.2) is 5.78 Å². The van der Waals surface area contributed by atoms with Crippen molar-refractivity contribution in [2.45, 2.75) is 37.8 Å². The summed E-state index contributed by atoms with van der Waals surface area (Å²) in [5, 5.41) is 4.14. The summed E-state index contributed by atoms with van der Waals surface area (Å²) in [4.78, 5) is 12.2. The number of fused-ring (bicyclic) bond motifs is 1. The van der Waals surface area contributed by atoms with Crippen molar-refractivity contribution in [2.75, 3.05) is 0 Å². The minimum atomic E-state index is 0.0289. The third-order valence-corrected chi connectivity index (χ3v) is 3.60. The maximum Gasteiger partial charge on any atom is 0.180 e. The second-order valence-electron chi connectivity index (χ2n) is 4.70. The Balaban J connectivity index is 1.86. The molecule has 0 aromatic heterocycles. The number of Topliss-reactive ketones (excluding diaryl/α,β-unsaturated/α-hetero) is 1. The lowest BCUT2D eigenvalue weighted by Gasteiger charge is -2.24. The van der Waals surface area contributed by atoms with Crippen molar-refractivity contribution in [3.8, 4) is 0 Å². The molecule has 1 atom stereocenters. The highest BCUT2D eigenvalue weighted by molar-refractivity contribution is 6.30. The van der Waals surface area contributed by atoms with Gasteiger partial charge in [0.2, 0.25) is 0 Å². The molecular formula is C13H14ClNO. The van der Waals surface area contributed by atoms with Gasteiger partial charge in [-0.1, -0.05) is 11.6 Å². The van der Waals surface area contributed by atoms with Crippen LogP contribution in [-0.4, -0.2) is 17.9 Å². The molecule has 0 aliphatic heterocycles. The lowest BCUT2D eigenvalue weighted by Crippen LogP contribution is -2.41. The Morgan fingerprint density at radius 3 is 2.81 bits per heavy atom. The molecule has 1 aromatic rings. The van der Waals surface area contributed by atoms with Gasteiger partial charge in [-0.15, -0.1) is 0 Å². The number of rotatable bonds is 2. The first kappa shape index (κ1) is 10.3. The number of aryl methyl sites for hydroxylation is 1. The first-order valence-corrected chi connectivity index (χ1v) is 6.20. The number of benzene rings is 1. The Kier molecular flexibility index (Phi) is 2.49. The third kappa shape index (κ3) is 1.87. The molecule has 3 heteroatoms. The Morgan fingerprint density at radius 2 is 2.06 bits per heavy atom. The van der Waals surface area contributed by atoms with E-state index in [9.17, 15) is 4.79 Å². The number of carbonyl (C=O) groups is 1. The fourth-order valence-electron chi connectivity index (χ4n) is 2.32. The molecule has 0 radical (unpaired) electrons.